The van der Waals surface area contributed by atoms with Crippen LogP contribution in [0.4, 0.5) is 0 Å². The SMILES string of the molecule is C=C(O)CCCc1cc(OC)ncc1C. The predicted octanol–water partition coefficient (Wildman–Crippen LogP) is 2.79. The Balaban J connectivity index is 2.62. The third-order valence-corrected chi connectivity index (χ3v) is 2.31. The van der Waals surface area contributed by atoms with E-state index in [1.54, 1.807) is 7.11 Å². The lowest BCUT2D eigenvalue weighted by Gasteiger charge is -2.07. The quantitative estimate of drug-likeness (QED) is 0.755. The highest BCUT2D eigenvalue weighted by molar-refractivity contribution is 5.28. The van der Waals surface area contributed by atoms with Gasteiger partial charge in [-0.15, -0.1) is 0 Å². The van der Waals surface area contributed by atoms with Gasteiger partial charge in [0.05, 0.1) is 12.9 Å². The van der Waals surface area contributed by atoms with Crippen LogP contribution in [0.15, 0.2) is 24.6 Å². The summed E-state index contributed by atoms with van der Waals surface area (Å²) in [4.78, 5) is 4.11. The molecule has 0 spiro atoms. The first-order chi connectivity index (χ1) is 7.13. The highest BCUT2D eigenvalue weighted by Gasteiger charge is 2.02. The summed E-state index contributed by atoms with van der Waals surface area (Å²) in [6, 6.07) is 1.94. The molecule has 0 aliphatic rings. The molecule has 1 aromatic heterocycles. The van der Waals surface area contributed by atoms with E-state index in [1.807, 2.05) is 19.2 Å². The zero-order chi connectivity index (χ0) is 11.3. The zero-order valence-electron chi connectivity index (χ0n) is 9.29. The van der Waals surface area contributed by atoms with Crippen molar-refractivity contribution in [3.63, 3.8) is 0 Å². The molecular formula is C12H17NO2. The Morgan fingerprint density at radius 1 is 1.60 bits per heavy atom. The number of methoxy groups -OCH3 is 1. The maximum atomic E-state index is 8.97. The first kappa shape index (κ1) is 11.6. The van der Waals surface area contributed by atoms with Crippen molar-refractivity contribution in [2.24, 2.45) is 0 Å². The van der Waals surface area contributed by atoms with Crippen LogP contribution in [-0.4, -0.2) is 17.2 Å². The minimum Gasteiger partial charge on any atom is -0.513 e. The average Bonchev–Trinajstić information content (AvgIpc) is 2.20. The van der Waals surface area contributed by atoms with E-state index in [9.17, 15) is 0 Å². The van der Waals surface area contributed by atoms with Gasteiger partial charge in [0.1, 0.15) is 0 Å². The van der Waals surface area contributed by atoms with Crippen LogP contribution in [0.3, 0.4) is 0 Å². The summed E-state index contributed by atoms with van der Waals surface area (Å²) in [5.74, 6) is 0.882. The minimum atomic E-state index is 0.244. The lowest BCUT2D eigenvalue weighted by Crippen LogP contribution is -1.95. The van der Waals surface area contributed by atoms with E-state index in [1.165, 1.54) is 5.56 Å². The fourth-order valence-corrected chi connectivity index (χ4v) is 1.41. The molecule has 0 saturated heterocycles. The highest BCUT2D eigenvalue weighted by Crippen LogP contribution is 2.16. The molecule has 0 unspecified atom stereocenters. The van der Waals surface area contributed by atoms with Crippen molar-refractivity contribution < 1.29 is 9.84 Å². The van der Waals surface area contributed by atoms with Crippen LogP contribution < -0.4 is 4.74 Å². The Morgan fingerprint density at radius 2 is 2.33 bits per heavy atom. The molecule has 1 rings (SSSR count). The smallest absolute Gasteiger partial charge is 0.213 e. The van der Waals surface area contributed by atoms with Gasteiger partial charge >= 0.3 is 0 Å². The largest absolute Gasteiger partial charge is 0.513 e. The molecule has 0 atom stereocenters. The number of aryl methyl sites for hydroxylation is 2. The zero-order valence-corrected chi connectivity index (χ0v) is 9.29. The molecule has 0 bridgehead atoms. The van der Waals surface area contributed by atoms with Crippen molar-refractivity contribution in [3.8, 4) is 5.88 Å². The number of pyridine rings is 1. The number of rotatable bonds is 5. The van der Waals surface area contributed by atoms with E-state index in [2.05, 4.69) is 11.6 Å². The van der Waals surface area contributed by atoms with Gasteiger partial charge in [-0.2, -0.15) is 0 Å². The molecule has 82 valence electrons. The lowest BCUT2D eigenvalue weighted by molar-refractivity contribution is 0.386. The molecule has 0 fully saturated rings. The summed E-state index contributed by atoms with van der Waals surface area (Å²) in [5, 5.41) is 8.97. The second-order valence-corrected chi connectivity index (χ2v) is 3.57. The van der Waals surface area contributed by atoms with Gasteiger partial charge in [-0.25, -0.2) is 4.98 Å². The molecule has 1 heterocycles. The van der Waals surface area contributed by atoms with E-state index in [-0.39, 0.29) is 5.76 Å². The van der Waals surface area contributed by atoms with E-state index in [4.69, 9.17) is 9.84 Å². The molecule has 0 saturated carbocycles. The van der Waals surface area contributed by atoms with Gasteiger partial charge in [0.25, 0.3) is 0 Å². The van der Waals surface area contributed by atoms with Crippen molar-refractivity contribution in [1.82, 2.24) is 4.98 Å². The van der Waals surface area contributed by atoms with Gasteiger partial charge in [0.15, 0.2) is 0 Å². The molecule has 0 aliphatic heterocycles. The van der Waals surface area contributed by atoms with Gasteiger partial charge in [0, 0.05) is 18.7 Å². The van der Waals surface area contributed by atoms with Crippen LogP contribution >= 0.6 is 0 Å². The Labute approximate surface area is 90.4 Å². The molecule has 1 N–H and O–H groups in total. The molecule has 1 aromatic rings. The monoisotopic (exact) mass is 207 g/mol. The van der Waals surface area contributed by atoms with Crippen LogP contribution in [0.1, 0.15) is 24.0 Å². The second-order valence-electron chi connectivity index (χ2n) is 3.57. The maximum Gasteiger partial charge on any atom is 0.213 e. The summed E-state index contributed by atoms with van der Waals surface area (Å²) in [6.45, 7) is 5.48. The van der Waals surface area contributed by atoms with E-state index < -0.39 is 0 Å². The van der Waals surface area contributed by atoms with Crippen LogP contribution in [0.2, 0.25) is 0 Å². The van der Waals surface area contributed by atoms with E-state index >= 15 is 0 Å². The first-order valence-electron chi connectivity index (χ1n) is 4.99. The third kappa shape index (κ3) is 3.62. The molecule has 3 heteroatoms. The molecular weight excluding hydrogens is 190 g/mol. The molecule has 3 nitrogen and oxygen atoms in total. The number of nitrogens with zero attached hydrogens (tertiary/aromatic N) is 1. The fourth-order valence-electron chi connectivity index (χ4n) is 1.41. The number of aliphatic hydroxyl groups excluding tert-OH is 1. The molecule has 0 amide bonds. The van der Waals surface area contributed by atoms with Crippen LogP contribution in [0.5, 0.6) is 5.88 Å². The van der Waals surface area contributed by atoms with Gasteiger partial charge in [-0.05, 0) is 30.9 Å². The van der Waals surface area contributed by atoms with Crippen molar-refractivity contribution in [3.05, 3.63) is 35.7 Å². The summed E-state index contributed by atoms with van der Waals surface area (Å²) in [7, 11) is 1.61. The Kier molecular flexibility index (Phi) is 4.16. The van der Waals surface area contributed by atoms with E-state index in [0.29, 0.717) is 12.3 Å². The van der Waals surface area contributed by atoms with Crippen LogP contribution in [0, 0.1) is 6.92 Å². The Hall–Kier alpha value is -1.51. The van der Waals surface area contributed by atoms with Crippen LogP contribution in [-0.2, 0) is 6.42 Å². The Morgan fingerprint density at radius 3 is 2.93 bits per heavy atom. The fraction of sp³-hybridized carbons (Fsp3) is 0.417. The molecule has 0 aliphatic carbocycles. The number of hydrogen-bond donors (Lipinski definition) is 1. The minimum absolute atomic E-state index is 0.244. The van der Waals surface area contributed by atoms with Gasteiger partial charge < -0.3 is 9.84 Å². The topological polar surface area (TPSA) is 42.4 Å². The highest BCUT2D eigenvalue weighted by atomic mass is 16.5. The molecule has 15 heavy (non-hydrogen) atoms. The number of ether oxygens (including phenoxy) is 1. The van der Waals surface area contributed by atoms with Crippen molar-refractivity contribution in [2.45, 2.75) is 26.2 Å². The van der Waals surface area contributed by atoms with Crippen molar-refractivity contribution >= 4 is 0 Å². The summed E-state index contributed by atoms with van der Waals surface area (Å²) in [6.07, 6.45) is 4.25. The standard InChI is InChI=1S/C12H17NO2/c1-9-8-13-12(15-3)7-11(9)6-4-5-10(2)14/h7-8,14H,2,4-6H2,1,3H3. The number of hydrogen-bond acceptors (Lipinski definition) is 3. The predicted molar refractivity (Wildman–Crippen MR) is 60.2 cm³/mol. The maximum absolute atomic E-state index is 8.97. The summed E-state index contributed by atoms with van der Waals surface area (Å²) < 4.78 is 5.06. The normalized spacial score (nSPS) is 10.0. The van der Waals surface area contributed by atoms with E-state index in [0.717, 1.165) is 18.4 Å². The number of aliphatic hydroxyl groups is 1. The summed E-state index contributed by atoms with van der Waals surface area (Å²) >= 11 is 0. The number of allylic oxidation sites excluding steroid dienone is 1. The second kappa shape index (κ2) is 5.39. The lowest BCUT2D eigenvalue weighted by atomic mass is 10.0. The number of aromatic nitrogens is 1. The average molecular weight is 207 g/mol. The molecule has 0 radical (unpaired) electrons. The molecule has 0 aromatic carbocycles. The first-order valence-corrected chi connectivity index (χ1v) is 4.99. The van der Waals surface area contributed by atoms with Crippen molar-refractivity contribution in [1.29, 1.82) is 0 Å². The van der Waals surface area contributed by atoms with Gasteiger partial charge in [-0.3, -0.25) is 0 Å². The van der Waals surface area contributed by atoms with Gasteiger partial charge in [0.2, 0.25) is 5.88 Å². The van der Waals surface area contributed by atoms with Crippen molar-refractivity contribution in [2.75, 3.05) is 7.11 Å². The Bertz CT molecular complexity index is 347. The van der Waals surface area contributed by atoms with Crippen LogP contribution in [0.25, 0.3) is 0 Å². The summed E-state index contributed by atoms with van der Waals surface area (Å²) in [5.41, 5.74) is 2.36. The van der Waals surface area contributed by atoms with Gasteiger partial charge in [-0.1, -0.05) is 6.58 Å². The third-order valence-electron chi connectivity index (χ3n) is 2.31.